The molecule has 0 radical (unpaired) electrons. The van der Waals surface area contributed by atoms with Crippen molar-refractivity contribution >= 4 is 0 Å². The summed E-state index contributed by atoms with van der Waals surface area (Å²) >= 11 is 0. The van der Waals surface area contributed by atoms with E-state index < -0.39 is 0 Å². The van der Waals surface area contributed by atoms with Crippen molar-refractivity contribution in [3.63, 3.8) is 0 Å². The summed E-state index contributed by atoms with van der Waals surface area (Å²) in [5.74, 6) is 1.97. The number of hydrogen-bond acceptors (Lipinski definition) is 9. The Bertz CT molecular complexity index is 973. The molecule has 7 saturated heterocycles. The molecular weight excluding hydrogens is 584 g/mol. The monoisotopic (exact) mass is 657 g/mol. The number of fused-ring (bicyclic) bond motifs is 8. The van der Waals surface area contributed by atoms with Gasteiger partial charge in [0, 0.05) is 126 Å². The summed E-state index contributed by atoms with van der Waals surface area (Å²) in [5.41, 5.74) is 3.30. The zero-order valence-corrected chi connectivity index (χ0v) is 31.4. The number of likely N-dealkylation sites (tertiary alicyclic amines) is 3. The molecule has 0 aliphatic carbocycles. The van der Waals surface area contributed by atoms with Crippen molar-refractivity contribution in [2.24, 2.45) is 11.8 Å². The van der Waals surface area contributed by atoms with Crippen molar-refractivity contribution in [1.29, 1.82) is 0 Å². The van der Waals surface area contributed by atoms with Crippen LogP contribution in [0.5, 0.6) is 0 Å². The van der Waals surface area contributed by atoms with Gasteiger partial charge in [-0.1, -0.05) is 0 Å². The van der Waals surface area contributed by atoms with E-state index in [1.54, 1.807) is 11.1 Å². The fraction of sp³-hybridized carbons (Fsp3) is 0.947. The quantitative estimate of drug-likeness (QED) is 0.342. The number of morpholine rings is 1. The first-order valence-corrected chi connectivity index (χ1v) is 19.8. The van der Waals surface area contributed by atoms with Crippen molar-refractivity contribution in [3.05, 3.63) is 11.1 Å². The SMILES string of the molecule is CC(C)N1CC2=C(CNC2)C1.CC(C)N1CC2C3CCC(N3)C2C1.CC(C)N1CC2CCC(C1)N2.CC(C)N1CC2NCCOC2C1. The van der Waals surface area contributed by atoms with E-state index in [1.165, 1.54) is 65.0 Å². The molecule has 0 aromatic heterocycles. The first-order chi connectivity index (χ1) is 22.5. The van der Waals surface area contributed by atoms with Crippen LogP contribution in [0.1, 0.15) is 81.1 Å². The first-order valence-electron chi connectivity index (χ1n) is 19.8. The normalized spacial score (nSPS) is 38.0. The Hall–Kier alpha value is -0.620. The Kier molecular flexibility index (Phi) is 12.4. The molecule has 0 aromatic rings. The summed E-state index contributed by atoms with van der Waals surface area (Å²) in [4.78, 5) is 10.3. The molecule has 8 atom stereocenters. The minimum atomic E-state index is 0.446. The second-order valence-corrected chi connectivity index (χ2v) is 17.3. The van der Waals surface area contributed by atoms with Crippen LogP contribution >= 0.6 is 0 Å². The molecule has 9 heteroatoms. The van der Waals surface area contributed by atoms with Crippen molar-refractivity contribution in [2.75, 3.05) is 78.6 Å². The van der Waals surface area contributed by atoms with Crippen molar-refractivity contribution in [1.82, 2.24) is 40.9 Å². The van der Waals surface area contributed by atoms with Gasteiger partial charge in [-0.05, 0) is 104 Å². The first kappa shape index (κ1) is 36.2. The zero-order chi connectivity index (χ0) is 33.2. The summed E-state index contributed by atoms with van der Waals surface area (Å²) in [6.07, 6.45) is 6.12. The molecule has 270 valence electrons. The summed E-state index contributed by atoms with van der Waals surface area (Å²) < 4.78 is 5.68. The highest BCUT2D eigenvalue weighted by atomic mass is 16.5. The maximum Gasteiger partial charge on any atom is 0.0867 e. The highest BCUT2D eigenvalue weighted by Crippen LogP contribution is 2.43. The number of nitrogens with one attached hydrogen (secondary N) is 4. The largest absolute Gasteiger partial charge is 0.374 e. The number of rotatable bonds is 4. The van der Waals surface area contributed by atoms with Crippen LogP contribution in [-0.2, 0) is 4.74 Å². The van der Waals surface area contributed by atoms with E-state index in [4.69, 9.17) is 4.74 Å². The molecule has 9 heterocycles. The van der Waals surface area contributed by atoms with E-state index in [0.29, 0.717) is 24.2 Å². The van der Waals surface area contributed by atoms with E-state index >= 15 is 0 Å². The number of nitrogens with zero attached hydrogens (tertiary/aromatic N) is 4. The van der Waals surface area contributed by atoms with Crippen molar-refractivity contribution in [3.8, 4) is 0 Å². The van der Waals surface area contributed by atoms with Gasteiger partial charge < -0.3 is 30.9 Å². The van der Waals surface area contributed by atoms with Crippen LogP contribution < -0.4 is 21.3 Å². The molecule has 9 rings (SSSR count). The maximum absolute atomic E-state index is 5.68. The third-order valence-corrected chi connectivity index (χ3v) is 13.0. The second kappa shape index (κ2) is 16.2. The molecule has 9 nitrogen and oxygen atoms in total. The topological polar surface area (TPSA) is 70.3 Å². The lowest BCUT2D eigenvalue weighted by atomic mass is 9.82. The molecular formula is C38H72N8O. The van der Waals surface area contributed by atoms with Gasteiger partial charge in [0.1, 0.15) is 0 Å². The Morgan fingerprint density at radius 1 is 0.553 bits per heavy atom. The van der Waals surface area contributed by atoms with Crippen LogP contribution in [0.4, 0.5) is 0 Å². The molecule has 0 aromatic carbocycles. The molecule has 4 N–H and O–H groups in total. The van der Waals surface area contributed by atoms with Crippen LogP contribution in [-0.4, -0.2) is 159 Å². The van der Waals surface area contributed by atoms with Gasteiger partial charge in [-0.3, -0.25) is 14.7 Å². The minimum absolute atomic E-state index is 0.446. The highest BCUT2D eigenvalue weighted by molar-refractivity contribution is 5.29. The lowest BCUT2D eigenvalue weighted by Gasteiger charge is -2.35. The van der Waals surface area contributed by atoms with Gasteiger partial charge in [-0.15, -0.1) is 0 Å². The van der Waals surface area contributed by atoms with Crippen LogP contribution in [0.15, 0.2) is 11.1 Å². The average molecular weight is 657 g/mol. The maximum atomic E-state index is 5.68. The second-order valence-electron chi connectivity index (χ2n) is 17.3. The van der Waals surface area contributed by atoms with Crippen molar-refractivity contribution < 1.29 is 4.74 Å². The van der Waals surface area contributed by atoms with Gasteiger partial charge >= 0.3 is 0 Å². The zero-order valence-electron chi connectivity index (χ0n) is 31.4. The lowest BCUT2D eigenvalue weighted by molar-refractivity contribution is 0.0169. The minimum Gasteiger partial charge on any atom is -0.374 e. The predicted octanol–water partition coefficient (Wildman–Crippen LogP) is 2.59. The molecule has 0 spiro atoms. The van der Waals surface area contributed by atoms with Gasteiger partial charge in [0.2, 0.25) is 0 Å². The van der Waals surface area contributed by atoms with E-state index in [1.807, 2.05) is 0 Å². The van der Waals surface area contributed by atoms with Gasteiger partial charge in [0.25, 0.3) is 0 Å². The smallest absolute Gasteiger partial charge is 0.0867 e. The average Bonchev–Trinajstić information content (AvgIpc) is 3.88. The van der Waals surface area contributed by atoms with Crippen LogP contribution in [0, 0.1) is 11.8 Å². The van der Waals surface area contributed by atoms with Gasteiger partial charge in [0.15, 0.2) is 0 Å². The Morgan fingerprint density at radius 3 is 1.57 bits per heavy atom. The van der Waals surface area contributed by atoms with Gasteiger partial charge in [-0.25, -0.2) is 0 Å². The number of hydrogen-bond donors (Lipinski definition) is 4. The summed E-state index contributed by atoms with van der Waals surface area (Å²) in [5, 5.41) is 14.3. The molecule has 9 aliphatic rings. The van der Waals surface area contributed by atoms with E-state index in [0.717, 1.165) is 87.4 Å². The standard InChI is InChI=1S/C11H20N2.C9H18N2O.C9H16N2.C9H18N2/c1-7(2)13-5-8-9(6-13)11-4-3-10(8)12-11;1-7(2)11-5-8-9(6-11)12-4-3-10-8;1-7(2)11-5-8-3-10-4-9(8)6-11;1-7(2)11-5-8-3-4-9(6-11)10-8/h7-12H,3-6H2,1-2H3;7-10H,3-6H2,1-2H3;7,10H,3-6H2,1-2H3;7-10H,3-6H2,1-2H3. The number of ether oxygens (including phenoxy) is 1. The van der Waals surface area contributed by atoms with E-state index in [-0.39, 0.29) is 0 Å². The fourth-order valence-electron chi connectivity index (χ4n) is 9.79. The van der Waals surface area contributed by atoms with E-state index in [2.05, 4.69) is 96.3 Å². The molecule has 0 amide bonds. The molecule has 7 fully saturated rings. The van der Waals surface area contributed by atoms with Crippen LogP contribution in [0.2, 0.25) is 0 Å². The molecule has 8 unspecified atom stereocenters. The molecule has 9 aliphatic heterocycles. The van der Waals surface area contributed by atoms with Crippen molar-refractivity contribution in [2.45, 2.75) is 142 Å². The summed E-state index contributed by atoms with van der Waals surface area (Å²) in [7, 11) is 0. The highest BCUT2D eigenvalue weighted by Gasteiger charge is 2.51. The molecule has 4 bridgehead atoms. The third kappa shape index (κ3) is 8.82. The van der Waals surface area contributed by atoms with Crippen LogP contribution in [0.25, 0.3) is 0 Å². The van der Waals surface area contributed by atoms with Gasteiger partial charge in [0.05, 0.1) is 12.7 Å². The summed E-state index contributed by atoms with van der Waals surface area (Å²) in [6.45, 7) is 32.4. The molecule has 47 heavy (non-hydrogen) atoms. The predicted molar refractivity (Wildman–Crippen MR) is 195 cm³/mol. The Labute approximate surface area is 288 Å². The third-order valence-electron chi connectivity index (χ3n) is 13.0. The summed E-state index contributed by atoms with van der Waals surface area (Å²) in [6, 6.07) is 6.79. The van der Waals surface area contributed by atoms with E-state index in [9.17, 15) is 0 Å². The Morgan fingerprint density at radius 2 is 1.06 bits per heavy atom. The lowest BCUT2D eigenvalue weighted by Crippen LogP contribution is -2.53. The Balaban J connectivity index is 0.000000110. The fourth-order valence-corrected chi connectivity index (χ4v) is 9.79. The van der Waals surface area contributed by atoms with Gasteiger partial charge in [-0.2, -0.15) is 0 Å². The molecule has 0 saturated carbocycles. The number of piperazine rings is 1. The van der Waals surface area contributed by atoms with Crippen LogP contribution in [0.3, 0.4) is 0 Å².